The molecule has 0 spiro atoms. The van der Waals surface area contributed by atoms with E-state index in [9.17, 15) is 0 Å². The zero-order valence-corrected chi connectivity index (χ0v) is 15.1. The quantitative estimate of drug-likeness (QED) is 0.811. The maximum Gasteiger partial charge on any atom is 0.0410 e. The molecule has 1 aliphatic heterocycles. The highest BCUT2D eigenvalue weighted by Crippen LogP contribution is 2.33. The maximum absolute atomic E-state index is 4.31. The molecule has 1 N–H and O–H groups in total. The molecule has 0 radical (unpaired) electrons. The summed E-state index contributed by atoms with van der Waals surface area (Å²) in [7, 11) is 2.10. The Labute approximate surface area is 137 Å². The first kappa shape index (κ1) is 16.9. The molecular weight excluding hydrogens is 326 g/mol. The summed E-state index contributed by atoms with van der Waals surface area (Å²) in [6.45, 7) is 7.17. The molecule has 1 atom stereocenters. The van der Waals surface area contributed by atoms with Gasteiger partial charge in [0.1, 0.15) is 0 Å². The van der Waals surface area contributed by atoms with E-state index in [-0.39, 0.29) is 5.54 Å². The number of nitrogens with one attached hydrogen (secondary N) is 1. The lowest BCUT2D eigenvalue weighted by Gasteiger charge is -2.47. The second kappa shape index (κ2) is 7.70. The Kier molecular flexibility index (Phi) is 6.20. The molecule has 1 aromatic heterocycles. The van der Waals surface area contributed by atoms with Gasteiger partial charge < -0.3 is 5.32 Å². The summed E-state index contributed by atoms with van der Waals surface area (Å²) >= 11 is 3.53. The van der Waals surface area contributed by atoms with Crippen LogP contribution in [-0.2, 0) is 6.42 Å². The van der Waals surface area contributed by atoms with Crippen molar-refractivity contribution in [1.29, 1.82) is 0 Å². The third-order valence-electron chi connectivity index (χ3n) is 5.16. The molecule has 2 heterocycles. The molecule has 1 aliphatic rings. The maximum atomic E-state index is 4.31. The van der Waals surface area contributed by atoms with Gasteiger partial charge in [0.05, 0.1) is 0 Å². The lowest BCUT2D eigenvalue weighted by molar-refractivity contribution is 0.0650. The van der Waals surface area contributed by atoms with Gasteiger partial charge in [-0.05, 0) is 79.8 Å². The van der Waals surface area contributed by atoms with Crippen LogP contribution < -0.4 is 5.32 Å². The molecule has 21 heavy (non-hydrogen) atoms. The number of likely N-dealkylation sites (N-methyl/N-ethyl adjacent to an activating group) is 1. The van der Waals surface area contributed by atoms with Gasteiger partial charge in [0.2, 0.25) is 0 Å². The number of aromatic nitrogens is 1. The Bertz CT molecular complexity index is 439. The van der Waals surface area contributed by atoms with Crippen LogP contribution >= 0.6 is 15.9 Å². The Hall–Kier alpha value is -0.450. The predicted molar refractivity (Wildman–Crippen MR) is 92.6 cm³/mol. The van der Waals surface area contributed by atoms with Gasteiger partial charge in [-0.2, -0.15) is 0 Å². The fourth-order valence-corrected chi connectivity index (χ4v) is 4.35. The number of rotatable bonds is 7. The molecule has 4 heteroatoms. The summed E-state index contributed by atoms with van der Waals surface area (Å²) in [6, 6.07) is 2.65. The summed E-state index contributed by atoms with van der Waals surface area (Å²) in [5, 5.41) is 3.60. The second-order valence-electron chi connectivity index (χ2n) is 6.06. The molecule has 0 aliphatic carbocycles. The minimum absolute atomic E-state index is 0.258. The van der Waals surface area contributed by atoms with Crippen LogP contribution in [0.4, 0.5) is 0 Å². The standard InChI is InChI=1S/C17H28BrN3/c1-4-17(5-2,21-8-6-7-9-21)16(19-3)11-14-10-15(18)13-20-12-14/h10,12-13,16,19H,4-9,11H2,1-3H3. The average molecular weight is 354 g/mol. The molecule has 1 fully saturated rings. The van der Waals surface area contributed by atoms with E-state index in [1.54, 1.807) is 0 Å². The van der Waals surface area contributed by atoms with Gasteiger partial charge in [0, 0.05) is 28.4 Å². The van der Waals surface area contributed by atoms with Gasteiger partial charge in [0.25, 0.3) is 0 Å². The predicted octanol–water partition coefficient (Wildman–Crippen LogP) is 3.63. The molecule has 3 nitrogen and oxygen atoms in total. The number of nitrogens with zero attached hydrogens (tertiary/aromatic N) is 2. The molecule has 0 saturated carbocycles. The van der Waals surface area contributed by atoms with Crippen LogP contribution in [0, 0.1) is 0 Å². The highest BCUT2D eigenvalue weighted by Gasteiger charge is 2.41. The monoisotopic (exact) mass is 353 g/mol. The topological polar surface area (TPSA) is 28.2 Å². The third-order valence-corrected chi connectivity index (χ3v) is 5.59. The molecular formula is C17H28BrN3. The average Bonchev–Trinajstić information content (AvgIpc) is 3.02. The molecule has 0 aromatic carbocycles. The van der Waals surface area contributed by atoms with E-state index in [0.29, 0.717) is 6.04 Å². The van der Waals surface area contributed by atoms with Crippen LogP contribution in [0.25, 0.3) is 0 Å². The van der Waals surface area contributed by atoms with Gasteiger partial charge in [-0.25, -0.2) is 0 Å². The van der Waals surface area contributed by atoms with Crippen molar-refractivity contribution in [3.8, 4) is 0 Å². The van der Waals surface area contributed by atoms with Gasteiger partial charge in [-0.1, -0.05) is 13.8 Å². The largest absolute Gasteiger partial charge is 0.315 e. The fraction of sp³-hybridized carbons (Fsp3) is 0.706. The van der Waals surface area contributed by atoms with E-state index in [1.807, 2.05) is 12.4 Å². The Balaban J connectivity index is 2.22. The second-order valence-corrected chi connectivity index (χ2v) is 6.98. The lowest BCUT2D eigenvalue weighted by Crippen LogP contribution is -2.60. The third kappa shape index (κ3) is 3.66. The van der Waals surface area contributed by atoms with E-state index in [2.05, 4.69) is 58.1 Å². The van der Waals surface area contributed by atoms with Gasteiger partial charge in [-0.3, -0.25) is 9.88 Å². The van der Waals surface area contributed by atoms with E-state index >= 15 is 0 Å². The summed E-state index contributed by atoms with van der Waals surface area (Å²) in [5.41, 5.74) is 1.56. The lowest BCUT2D eigenvalue weighted by atomic mass is 9.80. The van der Waals surface area contributed by atoms with Gasteiger partial charge >= 0.3 is 0 Å². The smallest absolute Gasteiger partial charge is 0.0410 e. The first-order chi connectivity index (χ1) is 10.2. The van der Waals surface area contributed by atoms with Crippen molar-refractivity contribution >= 4 is 15.9 Å². The minimum atomic E-state index is 0.258. The van der Waals surface area contributed by atoms with E-state index in [0.717, 1.165) is 10.9 Å². The molecule has 1 saturated heterocycles. The van der Waals surface area contributed by atoms with Crippen LogP contribution in [0.2, 0.25) is 0 Å². The number of hydrogen-bond acceptors (Lipinski definition) is 3. The fourth-order valence-electron chi connectivity index (χ4n) is 3.94. The van der Waals surface area contributed by atoms with Crippen molar-refractivity contribution in [2.24, 2.45) is 0 Å². The minimum Gasteiger partial charge on any atom is -0.315 e. The summed E-state index contributed by atoms with van der Waals surface area (Å²) in [6.07, 6.45) is 9.95. The van der Waals surface area contributed by atoms with Crippen LogP contribution in [0.1, 0.15) is 45.1 Å². The summed E-state index contributed by atoms with van der Waals surface area (Å²) in [5.74, 6) is 0. The molecule has 0 amide bonds. The van der Waals surface area contributed by atoms with E-state index in [1.165, 1.54) is 44.3 Å². The Morgan fingerprint density at radius 3 is 2.48 bits per heavy atom. The number of likely N-dealkylation sites (tertiary alicyclic amines) is 1. The molecule has 0 bridgehead atoms. The normalized spacial score (nSPS) is 18.1. The number of hydrogen-bond donors (Lipinski definition) is 1. The van der Waals surface area contributed by atoms with Gasteiger partial charge in [-0.15, -0.1) is 0 Å². The van der Waals surface area contributed by atoms with E-state index in [4.69, 9.17) is 0 Å². The highest BCUT2D eigenvalue weighted by atomic mass is 79.9. The Morgan fingerprint density at radius 1 is 1.29 bits per heavy atom. The molecule has 2 rings (SSSR count). The summed E-state index contributed by atoms with van der Waals surface area (Å²) in [4.78, 5) is 7.04. The van der Waals surface area contributed by atoms with Crippen molar-refractivity contribution < 1.29 is 0 Å². The van der Waals surface area contributed by atoms with Crippen molar-refractivity contribution in [2.45, 2.75) is 57.5 Å². The van der Waals surface area contributed by atoms with Gasteiger partial charge in [0.15, 0.2) is 0 Å². The zero-order chi connectivity index (χ0) is 15.3. The van der Waals surface area contributed by atoms with Crippen LogP contribution in [0.15, 0.2) is 22.9 Å². The molecule has 1 unspecified atom stereocenters. The van der Waals surface area contributed by atoms with Crippen LogP contribution in [0.5, 0.6) is 0 Å². The molecule has 118 valence electrons. The van der Waals surface area contributed by atoms with Crippen LogP contribution in [-0.4, -0.2) is 41.6 Å². The SMILES string of the molecule is CCC(CC)(C(Cc1cncc(Br)c1)NC)N1CCCC1. The van der Waals surface area contributed by atoms with Crippen molar-refractivity contribution in [2.75, 3.05) is 20.1 Å². The Morgan fingerprint density at radius 2 is 1.95 bits per heavy atom. The summed E-state index contributed by atoms with van der Waals surface area (Å²) < 4.78 is 1.06. The van der Waals surface area contributed by atoms with Crippen molar-refractivity contribution in [3.05, 3.63) is 28.5 Å². The number of halogens is 1. The first-order valence-electron chi connectivity index (χ1n) is 8.18. The van der Waals surface area contributed by atoms with Crippen molar-refractivity contribution in [3.63, 3.8) is 0 Å². The zero-order valence-electron chi connectivity index (χ0n) is 13.5. The highest BCUT2D eigenvalue weighted by molar-refractivity contribution is 9.10. The first-order valence-corrected chi connectivity index (χ1v) is 8.97. The van der Waals surface area contributed by atoms with Crippen LogP contribution in [0.3, 0.4) is 0 Å². The number of pyridine rings is 1. The molecule has 1 aromatic rings. The van der Waals surface area contributed by atoms with E-state index < -0.39 is 0 Å². The van der Waals surface area contributed by atoms with Crippen molar-refractivity contribution in [1.82, 2.24) is 15.2 Å².